The Bertz CT molecular complexity index is 1090. The lowest BCUT2D eigenvalue weighted by Gasteiger charge is -2.34. The zero-order valence-electron chi connectivity index (χ0n) is 17.5. The number of hydrogen-bond donors (Lipinski definition) is 1. The smallest absolute Gasteiger partial charge is 0.258 e. The first-order chi connectivity index (χ1) is 15.3. The van der Waals surface area contributed by atoms with Gasteiger partial charge in [-0.1, -0.05) is 48.2 Å². The van der Waals surface area contributed by atoms with Crippen molar-refractivity contribution < 1.29 is 4.79 Å². The molecule has 31 heavy (non-hydrogen) atoms. The van der Waals surface area contributed by atoms with Gasteiger partial charge in [-0.2, -0.15) is 0 Å². The lowest BCUT2D eigenvalue weighted by Crippen LogP contribution is -2.46. The summed E-state index contributed by atoms with van der Waals surface area (Å²) in [6.45, 7) is 7.14. The molecule has 3 aromatic rings. The minimum Gasteiger partial charge on any atom is -0.352 e. The molecular weight excluding hydrogens is 406 g/mol. The monoisotopic (exact) mass is 433 g/mol. The standard InChI is InChI=1S/C24H27N5OS/c30-24(21-16-20-17-26-22-8-4-9-23(31-21)29(20)22)25-10-5-11-27-12-14-28(15-13-27)18-19-6-2-1-3-7-19/h1-4,6-9,16-17H,5,10-15,18H2,(H,25,30). The molecule has 160 valence electrons. The molecule has 1 saturated heterocycles. The van der Waals surface area contributed by atoms with Crippen molar-refractivity contribution in [2.75, 3.05) is 39.3 Å². The number of piperazine rings is 1. The first kappa shape index (κ1) is 20.3. The third kappa shape index (κ3) is 4.69. The average molecular weight is 434 g/mol. The van der Waals surface area contributed by atoms with Gasteiger partial charge in [0, 0.05) is 39.3 Å². The molecule has 4 heterocycles. The highest BCUT2D eigenvalue weighted by molar-refractivity contribution is 8.04. The third-order valence-corrected chi connectivity index (χ3v) is 6.94. The van der Waals surface area contributed by atoms with Crippen molar-refractivity contribution in [3.05, 3.63) is 70.9 Å². The number of amides is 1. The van der Waals surface area contributed by atoms with Crippen molar-refractivity contribution in [2.45, 2.75) is 18.0 Å². The van der Waals surface area contributed by atoms with Gasteiger partial charge in [0.1, 0.15) is 5.65 Å². The fraction of sp³-hybridized carbons (Fsp3) is 0.333. The number of rotatable bonds is 7. The zero-order valence-corrected chi connectivity index (χ0v) is 18.4. The van der Waals surface area contributed by atoms with Crippen molar-refractivity contribution in [3.8, 4) is 0 Å². The first-order valence-corrected chi connectivity index (χ1v) is 11.7. The van der Waals surface area contributed by atoms with Gasteiger partial charge in [-0.05, 0) is 36.7 Å². The Balaban J connectivity index is 1.04. The highest BCUT2D eigenvalue weighted by atomic mass is 32.2. The second-order valence-electron chi connectivity index (χ2n) is 8.06. The molecule has 1 fully saturated rings. The van der Waals surface area contributed by atoms with E-state index in [1.54, 1.807) is 0 Å². The molecule has 5 rings (SSSR count). The van der Waals surface area contributed by atoms with Gasteiger partial charge in [0.2, 0.25) is 0 Å². The van der Waals surface area contributed by atoms with Gasteiger partial charge in [0.15, 0.2) is 0 Å². The minimum atomic E-state index is 0.00198. The number of nitrogens with zero attached hydrogens (tertiary/aromatic N) is 4. The fourth-order valence-electron chi connectivity index (χ4n) is 4.20. The van der Waals surface area contributed by atoms with Gasteiger partial charge in [-0.15, -0.1) is 0 Å². The Kier molecular flexibility index (Phi) is 6.06. The van der Waals surface area contributed by atoms with Crippen LogP contribution in [-0.4, -0.2) is 64.4 Å². The second kappa shape index (κ2) is 9.26. The Morgan fingerprint density at radius 2 is 1.81 bits per heavy atom. The number of aromatic nitrogens is 2. The molecule has 1 aromatic carbocycles. The number of thioether (sulfide) groups is 1. The molecule has 0 radical (unpaired) electrons. The zero-order chi connectivity index (χ0) is 21.0. The van der Waals surface area contributed by atoms with Crippen LogP contribution in [0, 0.1) is 0 Å². The Morgan fingerprint density at radius 3 is 2.65 bits per heavy atom. The van der Waals surface area contributed by atoms with Crippen molar-refractivity contribution in [1.82, 2.24) is 24.5 Å². The summed E-state index contributed by atoms with van der Waals surface area (Å²) in [6.07, 6.45) is 4.72. The van der Waals surface area contributed by atoms with E-state index in [-0.39, 0.29) is 5.91 Å². The fourth-order valence-corrected chi connectivity index (χ4v) is 5.21. The minimum absolute atomic E-state index is 0.00198. The molecule has 1 N–H and O–H groups in total. The predicted octanol–water partition coefficient (Wildman–Crippen LogP) is 3.11. The lowest BCUT2D eigenvalue weighted by atomic mass is 10.2. The van der Waals surface area contributed by atoms with E-state index in [9.17, 15) is 4.79 Å². The number of hydrogen-bond acceptors (Lipinski definition) is 5. The van der Waals surface area contributed by atoms with E-state index in [0.29, 0.717) is 6.54 Å². The molecule has 2 aliphatic heterocycles. The van der Waals surface area contributed by atoms with Gasteiger partial charge in [-0.3, -0.25) is 14.1 Å². The van der Waals surface area contributed by atoms with E-state index >= 15 is 0 Å². The summed E-state index contributed by atoms with van der Waals surface area (Å²) in [4.78, 5) is 22.8. The third-order valence-electron chi connectivity index (χ3n) is 5.89. The van der Waals surface area contributed by atoms with Gasteiger partial charge >= 0.3 is 0 Å². The second-order valence-corrected chi connectivity index (χ2v) is 9.13. The SMILES string of the molecule is O=C(NCCCN1CCN(Cc2ccccc2)CC1)C1=Cc2cnc3cccc(n23)S1. The van der Waals surface area contributed by atoms with Crippen LogP contribution in [-0.2, 0) is 11.3 Å². The molecule has 6 nitrogen and oxygen atoms in total. The number of pyridine rings is 1. The van der Waals surface area contributed by atoms with Gasteiger partial charge < -0.3 is 10.2 Å². The number of carbonyl (C=O) groups is 1. The van der Waals surface area contributed by atoms with Crippen LogP contribution in [0.1, 0.15) is 17.7 Å². The van der Waals surface area contributed by atoms with Crippen LogP contribution in [0.15, 0.2) is 64.7 Å². The molecule has 1 amide bonds. The van der Waals surface area contributed by atoms with E-state index in [2.05, 4.69) is 54.8 Å². The highest BCUT2D eigenvalue weighted by Gasteiger charge is 2.20. The predicted molar refractivity (Wildman–Crippen MR) is 125 cm³/mol. The highest BCUT2D eigenvalue weighted by Crippen LogP contribution is 2.34. The quantitative estimate of drug-likeness (QED) is 0.581. The number of carbonyl (C=O) groups excluding carboxylic acids is 1. The van der Waals surface area contributed by atoms with Crippen LogP contribution >= 0.6 is 11.8 Å². The summed E-state index contributed by atoms with van der Waals surface area (Å²) < 4.78 is 2.08. The number of nitrogens with one attached hydrogen (secondary N) is 1. The van der Waals surface area contributed by atoms with E-state index in [1.807, 2.05) is 30.5 Å². The van der Waals surface area contributed by atoms with Gasteiger partial charge in [0.25, 0.3) is 5.91 Å². The van der Waals surface area contributed by atoms with Crippen molar-refractivity contribution in [2.24, 2.45) is 0 Å². The summed E-state index contributed by atoms with van der Waals surface area (Å²) in [5.74, 6) is 0.00198. The van der Waals surface area contributed by atoms with Gasteiger partial charge in [0.05, 0.1) is 21.8 Å². The Labute approximate surface area is 186 Å². The summed E-state index contributed by atoms with van der Waals surface area (Å²) in [5.41, 5.74) is 3.26. The summed E-state index contributed by atoms with van der Waals surface area (Å²) in [5, 5.41) is 4.13. The van der Waals surface area contributed by atoms with E-state index < -0.39 is 0 Å². The Morgan fingerprint density at radius 1 is 1.00 bits per heavy atom. The van der Waals surface area contributed by atoms with E-state index in [4.69, 9.17) is 0 Å². The molecule has 2 aliphatic rings. The van der Waals surface area contributed by atoms with Crippen LogP contribution in [0.3, 0.4) is 0 Å². The molecule has 7 heteroatoms. The molecule has 2 aromatic heterocycles. The summed E-state index contributed by atoms with van der Waals surface area (Å²) >= 11 is 1.51. The molecule has 0 atom stereocenters. The first-order valence-electron chi connectivity index (χ1n) is 10.9. The van der Waals surface area contributed by atoms with Crippen LogP contribution in [0.4, 0.5) is 0 Å². The maximum atomic E-state index is 12.7. The maximum absolute atomic E-state index is 12.7. The summed E-state index contributed by atoms with van der Waals surface area (Å²) in [6, 6.07) is 16.7. The topological polar surface area (TPSA) is 52.9 Å². The molecular formula is C24H27N5OS. The van der Waals surface area contributed by atoms with Crippen molar-refractivity contribution in [3.63, 3.8) is 0 Å². The van der Waals surface area contributed by atoms with E-state index in [0.717, 1.165) is 67.0 Å². The van der Waals surface area contributed by atoms with Gasteiger partial charge in [-0.25, -0.2) is 4.98 Å². The molecule has 0 aliphatic carbocycles. The number of benzene rings is 1. The molecule has 0 bridgehead atoms. The summed E-state index contributed by atoms with van der Waals surface area (Å²) in [7, 11) is 0. The largest absolute Gasteiger partial charge is 0.352 e. The normalized spacial score (nSPS) is 17.0. The van der Waals surface area contributed by atoms with Crippen molar-refractivity contribution >= 4 is 29.4 Å². The lowest BCUT2D eigenvalue weighted by molar-refractivity contribution is -0.116. The molecule has 0 spiro atoms. The Hall–Kier alpha value is -2.61. The average Bonchev–Trinajstić information content (AvgIpc) is 3.23. The van der Waals surface area contributed by atoms with Crippen LogP contribution in [0.25, 0.3) is 11.7 Å². The van der Waals surface area contributed by atoms with E-state index in [1.165, 1.54) is 17.3 Å². The van der Waals surface area contributed by atoms with Crippen LogP contribution in [0.5, 0.6) is 0 Å². The van der Waals surface area contributed by atoms with Crippen LogP contribution in [0.2, 0.25) is 0 Å². The van der Waals surface area contributed by atoms with Crippen molar-refractivity contribution in [1.29, 1.82) is 0 Å². The molecule has 0 unspecified atom stereocenters. The van der Waals surface area contributed by atoms with Crippen LogP contribution < -0.4 is 5.32 Å². The maximum Gasteiger partial charge on any atom is 0.258 e. The number of imidazole rings is 1. The molecule has 0 saturated carbocycles.